The Morgan fingerprint density at radius 2 is 1.90 bits per heavy atom. The Hall–Kier alpha value is -1.77. The number of ketones is 1. The second-order valence-electron chi connectivity index (χ2n) is 7.42. The van der Waals surface area contributed by atoms with E-state index in [1.807, 2.05) is 38.1 Å². The number of anilines is 3. The molecule has 30 heavy (non-hydrogen) atoms. The molecule has 9 heteroatoms. The number of nitrogens with one attached hydrogen (secondary N) is 1. The van der Waals surface area contributed by atoms with Crippen LogP contribution < -0.4 is 11.1 Å². The molecule has 0 atom stereocenters. The van der Waals surface area contributed by atoms with E-state index in [9.17, 15) is 9.90 Å². The summed E-state index contributed by atoms with van der Waals surface area (Å²) >= 11 is 15.1. The second-order valence-corrected chi connectivity index (χ2v) is 10.3. The van der Waals surface area contributed by atoms with Gasteiger partial charge >= 0.3 is 0 Å². The smallest absolute Gasteiger partial charge is 0.209 e. The number of aromatic nitrogens is 1. The third-order valence-electron chi connectivity index (χ3n) is 4.19. The number of hydrogen-bond donors (Lipinski definition) is 3. The van der Waals surface area contributed by atoms with Crippen molar-refractivity contribution in [3.05, 3.63) is 63.0 Å². The van der Waals surface area contributed by atoms with E-state index in [-0.39, 0.29) is 44.1 Å². The van der Waals surface area contributed by atoms with Crippen molar-refractivity contribution in [2.24, 2.45) is 5.41 Å². The fourth-order valence-corrected chi connectivity index (χ4v) is 4.94. The van der Waals surface area contributed by atoms with Gasteiger partial charge in [-0.15, -0.1) is 11.8 Å². The lowest BCUT2D eigenvalue weighted by Gasteiger charge is -2.20. The molecule has 0 radical (unpaired) electrons. The molecule has 5 nitrogen and oxygen atoms in total. The lowest BCUT2D eigenvalue weighted by molar-refractivity contribution is 0.104. The first-order chi connectivity index (χ1) is 14.2. The highest BCUT2D eigenvalue weighted by atomic mass is 35.5. The molecule has 0 saturated carbocycles. The van der Waals surface area contributed by atoms with Crippen LogP contribution in [0.25, 0.3) is 0 Å². The van der Waals surface area contributed by atoms with Crippen LogP contribution in [0.15, 0.2) is 47.4 Å². The SMILES string of the molecule is CC(C)(CO)CSc1cccc(Nc2nc(N)c(C(=O)c3c(Cl)cccc3Cl)s2)c1. The molecule has 158 valence electrons. The molecule has 0 aliphatic carbocycles. The van der Waals surface area contributed by atoms with E-state index < -0.39 is 0 Å². The van der Waals surface area contributed by atoms with Gasteiger partial charge in [-0.25, -0.2) is 4.98 Å². The van der Waals surface area contributed by atoms with E-state index >= 15 is 0 Å². The zero-order valence-corrected chi connectivity index (χ0v) is 19.6. The first-order valence-electron chi connectivity index (χ1n) is 9.06. The van der Waals surface area contributed by atoms with Gasteiger partial charge in [0.15, 0.2) is 5.13 Å². The predicted octanol–water partition coefficient (Wildman–Crippen LogP) is 6.12. The van der Waals surface area contributed by atoms with Crippen molar-refractivity contribution in [2.45, 2.75) is 18.7 Å². The molecule has 0 fully saturated rings. The molecule has 1 heterocycles. The summed E-state index contributed by atoms with van der Waals surface area (Å²) in [5, 5.41) is 13.7. The number of nitrogen functional groups attached to an aromatic ring is 1. The third kappa shape index (κ3) is 5.47. The number of hydrogen-bond acceptors (Lipinski definition) is 7. The van der Waals surface area contributed by atoms with E-state index in [0.717, 1.165) is 27.7 Å². The Labute approximate surface area is 193 Å². The molecule has 0 bridgehead atoms. The maximum atomic E-state index is 12.9. The van der Waals surface area contributed by atoms with Crippen LogP contribution in [0.4, 0.5) is 16.6 Å². The minimum atomic E-state index is -0.357. The predicted molar refractivity (Wildman–Crippen MR) is 128 cm³/mol. The number of thioether (sulfide) groups is 1. The number of aliphatic hydroxyl groups excluding tert-OH is 1. The van der Waals surface area contributed by atoms with Crippen LogP contribution in [-0.4, -0.2) is 28.2 Å². The Morgan fingerprint density at radius 3 is 2.57 bits per heavy atom. The van der Waals surface area contributed by atoms with Gasteiger partial charge in [0.1, 0.15) is 10.7 Å². The Balaban J connectivity index is 1.78. The summed E-state index contributed by atoms with van der Waals surface area (Å²) in [6.45, 7) is 4.16. The third-order valence-corrected chi connectivity index (χ3v) is 7.32. The standard InChI is InChI=1S/C21H21Cl2N3O2S2/c1-21(2,10-27)11-29-13-6-3-5-12(9-13)25-20-26-19(24)18(30-20)17(28)16-14(22)7-4-8-15(16)23/h3-9,27H,10-11,24H2,1-2H3,(H,25,26). The molecule has 3 aromatic rings. The van der Waals surface area contributed by atoms with E-state index in [4.69, 9.17) is 28.9 Å². The molecular formula is C21H21Cl2N3O2S2. The summed E-state index contributed by atoms with van der Waals surface area (Å²) in [4.78, 5) is 18.5. The summed E-state index contributed by atoms with van der Waals surface area (Å²) in [5.41, 5.74) is 6.88. The molecular weight excluding hydrogens is 461 g/mol. The molecule has 4 N–H and O–H groups in total. The number of carbonyl (C=O) groups excluding carboxylic acids is 1. The quantitative estimate of drug-likeness (QED) is 0.265. The van der Waals surface area contributed by atoms with Gasteiger partial charge in [0.05, 0.1) is 15.6 Å². The minimum Gasteiger partial charge on any atom is -0.396 e. The fourth-order valence-electron chi connectivity index (χ4n) is 2.49. The van der Waals surface area contributed by atoms with Gasteiger partial charge in [0.25, 0.3) is 0 Å². The Bertz CT molecular complexity index is 1050. The Kier molecular flexibility index (Phi) is 7.31. The van der Waals surface area contributed by atoms with Crippen molar-refractivity contribution in [1.82, 2.24) is 4.98 Å². The van der Waals surface area contributed by atoms with Crippen LogP contribution in [0.2, 0.25) is 10.0 Å². The highest BCUT2D eigenvalue weighted by Gasteiger charge is 2.22. The molecule has 0 aliphatic rings. The molecule has 0 saturated heterocycles. The van der Waals surface area contributed by atoms with Gasteiger partial charge in [-0.1, -0.05) is 60.5 Å². The lowest BCUT2D eigenvalue weighted by atomic mass is 9.98. The van der Waals surface area contributed by atoms with E-state index in [1.165, 1.54) is 0 Å². The summed E-state index contributed by atoms with van der Waals surface area (Å²) in [6.07, 6.45) is 0. The molecule has 0 spiro atoms. The summed E-state index contributed by atoms with van der Waals surface area (Å²) in [6, 6.07) is 12.7. The average molecular weight is 482 g/mol. The van der Waals surface area contributed by atoms with Crippen LogP contribution in [-0.2, 0) is 0 Å². The molecule has 0 aliphatic heterocycles. The van der Waals surface area contributed by atoms with Crippen molar-refractivity contribution in [3.8, 4) is 0 Å². The number of benzene rings is 2. The summed E-state index contributed by atoms with van der Waals surface area (Å²) in [5.74, 6) is 0.553. The van der Waals surface area contributed by atoms with E-state index in [2.05, 4.69) is 10.3 Å². The molecule has 0 unspecified atom stereocenters. The molecule has 3 rings (SSSR count). The highest BCUT2D eigenvalue weighted by Crippen LogP contribution is 2.35. The van der Waals surface area contributed by atoms with Crippen LogP contribution in [0.1, 0.15) is 29.1 Å². The zero-order chi connectivity index (χ0) is 21.9. The van der Waals surface area contributed by atoms with Crippen molar-refractivity contribution >= 4 is 68.7 Å². The molecule has 0 amide bonds. The van der Waals surface area contributed by atoms with Crippen molar-refractivity contribution < 1.29 is 9.90 Å². The maximum Gasteiger partial charge on any atom is 0.209 e. The van der Waals surface area contributed by atoms with Gasteiger partial charge in [-0.2, -0.15) is 0 Å². The van der Waals surface area contributed by atoms with Crippen LogP contribution in [0.5, 0.6) is 0 Å². The topological polar surface area (TPSA) is 88.2 Å². The van der Waals surface area contributed by atoms with Gasteiger partial charge in [0, 0.05) is 22.9 Å². The highest BCUT2D eigenvalue weighted by molar-refractivity contribution is 7.99. The number of nitrogens with zero attached hydrogens (tertiary/aromatic N) is 1. The van der Waals surface area contributed by atoms with Gasteiger partial charge in [-0.05, 0) is 35.7 Å². The number of aliphatic hydroxyl groups is 1. The number of thiazole rings is 1. The lowest BCUT2D eigenvalue weighted by Crippen LogP contribution is -2.19. The van der Waals surface area contributed by atoms with Gasteiger partial charge < -0.3 is 16.2 Å². The zero-order valence-electron chi connectivity index (χ0n) is 16.4. The minimum absolute atomic E-state index is 0.124. The van der Waals surface area contributed by atoms with Crippen LogP contribution in [0, 0.1) is 5.41 Å². The second kappa shape index (κ2) is 9.58. The maximum absolute atomic E-state index is 12.9. The number of carbonyl (C=O) groups is 1. The first-order valence-corrected chi connectivity index (χ1v) is 11.6. The van der Waals surface area contributed by atoms with Crippen molar-refractivity contribution in [1.29, 1.82) is 0 Å². The number of nitrogens with two attached hydrogens (primary N) is 1. The number of rotatable bonds is 8. The van der Waals surface area contributed by atoms with E-state index in [1.54, 1.807) is 30.0 Å². The first kappa shape index (κ1) is 22.9. The summed E-state index contributed by atoms with van der Waals surface area (Å²) in [7, 11) is 0. The number of halogens is 2. The molecule has 2 aromatic carbocycles. The van der Waals surface area contributed by atoms with E-state index in [0.29, 0.717) is 5.13 Å². The Morgan fingerprint density at radius 1 is 1.23 bits per heavy atom. The van der Waals surface area contributed by atoms with Gasteiger partial charge in [0.2, 0.25) is 5.78 Å². The van der Waals surface area contributed by atoms with Crippen LogP contribution in [0.3, 0.4) is 0 Å². The monoisotopic (exact) mass is 481 g/mol. The normalized spacial score (nSPS) is 11.5. The van der Waals surface area contributed by atoms with Crippen molar-refractivity contribution in [2.75, 3.05) is 23.4 Å². The fraction of sp³-hybridized carbons (Fsp3) is 0.238. The average Bonchev–Trinajstić information content (AvgIpc) is 3.06. The largest absolute Gasteiger partial charge is 0.396 e. The van der Waals surface area contributed by atoms with Gasteiger partial charge in [-0.3, -0.25) is 4.79 Å². The molecule has 1 aromatic heterocycles. The van der Waals surface area contributed by atoms with Crippen molar-refractivity contribution in [3.63, 3.8) is 0 Å². The van der Waals surface area contributed by atoms with Crippen LogP contribution >= 0.6 is 46.3 Å². The summed E-state index contributed by atoms with van der Waals surface area (Å²) < 4.78 is 0.